The maximum atomic E-state index is 9.37. The normalized spacial score (nSPS) is 10.2. The second-order valence-electron chi connectivity index (χ2n) is 1.82. The van der Waals surface area contributed by atoms with Crippen molar-refractivity contribution < 1.29 is 5.11 Å². The van der Waals surface area contributed by atoms with Crippen molar-refractivity contribution >= 4 is 63.7 Å². The minimum atomic E-state index is 0.195. The second-order valence-corrected chi connectivity index (χ2v) is 5.11. The lowest BCUT2D eigenvalue weighted by Crippen LogP contribution is -1.76. The Morgan fingerprint density at radius 1 is 0.909 bits per heavy atom. The third-order valence-electron chi connectivity index (χ3n) is 1.09. The molecule has 0 aliphatic rings. The number of hydrogen-bond donors (Lipinski definition) is 1. The summed E-state index contributed by atoms with van der Waals surface area (Å²) in [5, 5.41) is 9.37. The van der Waals surface area contributed by atoms with Crippen molar-refractivity contribution in [2.75, 3.05) is 0 Å². The van der Waals surface area contributed by atoms with E-state index in [-0.39, 0.29) is 5.75 Å². The van der Waals surface area contributed by atoms with Gasteiger partial charge in [0.1, 0.15) is 5.75 Å². The Bertz CT molecular complexity index is 271. The van der Waals surface area contributed by atoms with Crippen LogP contribution in [0, 0.1) is 0 Å². The van der Waals surface area contributed by atoms with Gasteiger partial charge in [-0.2, -0.15) is 0 Å². The van der Waals surface area contributed by atoms with Crippen molar-refractivity contribution in [3.8, 4) is 5.75 Å². The Labute approximate surface area is 97.7 Å². The van der Waals surface area contributed by atoms with Gasteiger partial charge in [-0.1, -0.05) is 0 Å². The number of rotatable bonds is 0. The molecule has 11 heavy (non-hydrogen) atoms. The average molecular weight is 410 g/mol. The Kier molecular flexibility index (Phi) is 3.43. The van der Waals surface area contributed by atoms with Crippen LogP contribution in [0.3, 0.4) is 0 Å². The highest BCUT2D eigenvalue weighted by Gasteiger charge is 2.10. The van der Waals surface area contributed by atoms with Crippen LogP contribution in [-0.4, -0.2) is 5.11 Å². The first kappa shape index (κ1) is 10.0. The summed E-state index contributed by atoms with van der Waals surface area (Å²) in [7, 11) is 0. The Balaban J connectivity index is 3.46. The van der Waals surface area contributed by atoms with Crippen LogP contribution in [0.1, 0.15) is 0 Å². The quantitative estimate of drug-likeness (QED) is 0.496. The minimum Gasteiger partial charge on any atom is -0.506 e. The van der Waals surface area contributed by atoms with E-state index < -0.39 is 0 Å². The maximum Gasteiger partial charge on any atom is 0.145 e. The van der Waals surface area contributed by atoms with E-state index in [0.29, 0.717) is 8.95 Å². The van der Waals surface area contributed by atoms with Crippen molar-refractivity contribution in [2.24, 2.45) is 0 Å². The minimum absolute atomic E-state index is 0.195. The van der Waals surface area contributed by atoms with Gasteiger partial charge in [0, 0.05) is 8.95 Å². The molecule has 0 heterocycles. The van der Waals surface area contributed by atoms with E-state index in [4.69, 9.17) is 0 Å². The van der Waals surface area contributed by atoms with Crippen LogP contribution < -0.4 is 0 Å². The molecule has 1 rings (SSSR count). The lowest BCUT2D eigenvalue weighted by atomic mass is 10.3. The summed E-state index contributed by atoms with van der Waals surface area (Å²) in [6, 6.07) is 1.77. The molecule has 60 valence electrons. The smallest absolute Gasteiger partial charge is 0.145 e. The lowest BCUT2D eigenvalue weighted by molar-refractivity contribution is 0.468. The van der Waals surface area contributed by atoms with Gasteiger partial charge in [-0.15, -0.1) is 0 Å². The molecule has 0 radical (unpaired) electrons. The van der Waals surface area contributed by atoms with E-state index in [9.17, 15) is 5.11 Å². The van der Waals surface area contributed by atoms with Crippen molar-refractivity contribution in [1.82, 2.24) is 0 Å². The first-order valence-electron chi connectivity index (χ1n) is 2.56. The molecule has 0 aliphatic heterocycles. The number of aromatic hydroxyl groups is 1. The summed E-state index contributed by atoms with van der Waals surface area (Å²) in [6.45, 7) is 0. The Morgan fingerprint density at radius 3 is 2.00 bits per heavy atom. The van der Waals surface area contributed by atoms with E-state index in [2.05, 4.69) is 63.7 Å². The second kappa shape index (κ2) is 3.77. The first-order valence-corrected chi connectivity index (χ1v) is 5.73. The molecular formula is C6H2Br4O. The Morgan fingerprint density at radius 2 is 1.45 bits per heavy atom. The van der Waals surface area contributed by atoms with E-state index in [0.717, 1.165) is 8.95 Å². The standard InChI is InChI=1S/C6H2Br4O/c7-2-1-3(8)6(11)5(10)4(2)9/h1,11H. The van der Waals surface area contributed by atoms with Gasteiger partial charge < -0.3 is 5.11 Å². The molecule has 0 unspecified atom stereocenters. The van der Waals surface area contributed by atoms with Crippen LogP contribution in [0.2, 0.25) is 0 Å². The lowest BCUT2D eigenvalue weighted by Gasteiger charge is -2.04. The highest BCUT2D eigenvalue weighted by Crippen LogP contribution is 2.42. The number of benzene rings is 1. The summed E-state index contributed by atoms with van der Waals surface area (Å²) in [5.41, 5.74) is 0. The van der Waals surface area contributed by atoms with Gasteiger partial charge in [0.05, 0.1) is 8.95 Å². The molecule has 0 saturated heterocycles. The largest absolute Gasteiger partial charge is 0.506 e. The van der Waals surface area contributed by atoms with Crippen molar-refractivity contribution in [1.29, 1.82) is 0 Å². The molecule has 1 N–H and O–H groups in total. The third kappa shape index (κ3) is 1.99. The highest BCUT2D eigenvalue weighted by atomic mass is 79.9. The zero-order chi connectivity index (χ0) is 8.59. The molecular weight excluding hydrogens is 408 g/mol. The summed E-state index contributed by atoms with van der Waals surface area (Å²) in [4.78, 5) is 0. The maximum absolute atomic E-state index is 9.37. The molecule has 5 heteroatoms. The summed E-state index contributed by atoms with van der Waals surface area (Å²) in [5.74, 6) is 0.195. The molecule has 0 aromatic heterocycles. The fourth-order valence-electron chi connectivity index (χ4n) is 0.557. The summed E-state index contributed by atoms with van der Waals surface area (Å²) >= 11 is 13.0. The fraction of sp³-hybridized carbons (Fsp3) is 0. The molecule has 0 fully saturated rings. The van der Waals surface area contributed by atoms with E-state index in [1.54, 1.807) is 6.07 Å². The number of phenols is 1. The van der Waals surface area contributed by atoms with Crippen LogP contribution in [0.25, 0.3) is 0 Å². The van der Waals surface area contributed by atoms with Crippen molar-refractivity contribution in [3.63, 3.8) is 0 Å². The summed E-state index contributed by atoms with van der Waals surface area (Å²) in [6.07, 6.45) is 0. The SMILES string of the molecule is Oc1c(Br)cc(Br)c(Br)c1Br. The zero-order valence-electron chi connectivity index (χ0n) is 5.04. The zero-order valence-corrected chi connectivity index (χ0v) is 11.4. The van der Waals surface area contributed by atoms with E-state index in [1.807, 2.05) is 0 Å². The molecule has 0 atom stereocenters. The molecule has 1 nitrogen and oxygen atoms in total. The van der Waals surface area contributed by atoms with Crippen LogP contribution in [0.15, 0.2) is 24.0 Å². The molecule has 0 spiro atoms. The molecule has 0 bridgehead atoms. The average Bonchev–Trinajstić information content (AvgIpc) is 1.97. The van der Waals surface area contributed by atoms with Gasteiger partial charge in [0.2, 0.25) is 0 Å². The van der Waals surface area contributed by atoms with Gasteiger partial charge in [-0.05, 0) is 69.8 Å². The Hall–Kier alpha value is 0.940. The van der Waals surface area contributed by atoms with E-state index in [1.165, 1.54) is 0 Å². The summed E-state index contributed by atoms with van der Waals surface area (Å²) < 4.78 is 2.98. The molecule has 1 aromatic rings. The number of phenolic OH excluding ortho intramolecular Hbond substituents is 1. The number of hydrogen-bond acceptors (Lipinski definition) is 1. The predicted octanol–water partition coefficient (Wildman–Crippen LogP) is 4.44. The topological polar surface area (TPSA) is 20.2 Å². The van der Waals surface area contributed by atoms with Gasteiger partial charge in [-0.3, -0.25) is 0 Å². The van der Waals surface area contributed by atoms with Gasteiger partial charge in [0.15, 0.2) is 0 Å². The molecule has 0 amide bonds. The van der Waals surface area contributed by atoms with Crippen LogP contribution >= 0.6 is 63.7 Å². The van der Waals surface area contributed by atoms with Crippen LogP contribution in [-0.2, 0) is 0 Å². The highest BCUT2D eigenvalue weighted by molar-refractivity contribution is 9.14. The van der Waals surface area contributed by atoms with Crippen molar-refractivity contribution in [3.05, 3.63) is 24.0 Å². The predicted molar refractivity (Wildman–Crippen MR) is 58.9 cm³/mol. The van der Waals surface area contributed by atoms with Crippen LogP contribution in [0.5, 0.6) is 5.75 Å². The fourth-order valence-corrected chi connectivity index (χ4v) is 2.98. The monoisotopic (exact) mass is 406 g/mol. The molecule has 1 aromatic carbocycles. The van der Waals surface area contributed by atoms with Gasteiger partial charge in [0.25, 0.3) is 0 Å². The van der Waals surface area contributed by atoms with Crippen molar-refractivity contribution in [2.45, 2.75) is 0 Å². The molecule has 0 saturated carbocycles. The number of halogens is 4. The first-order chi connectivity index (χ1) is 5.04. The van der Waals surface area contributed by atoms with Crippen LogP contribution in [0.4, 0.5) is 0 Å². The van der Waals surface area contributed by atoms with Gasteiger partial charge in [-0.25, -0.2) is 0 Å². The third-order valence-corrected chi connectivity index (χ3v) is 4.98. The van der Waals surface area contributed by atoms with E-state index >= 15 is 0 Å². The molecule has 0 aliphatic carbocycles. The van der Waals surface area contributed by atoms with Gasteiger partial charge >= 0.3 is 0 Å².